The van der Waals surface area contributed by atoms with E-state index in [1.807, 2.05) is 0 Å². The molecular weight excluding hydrogens is 202 g/mol. The molecule has 0 heterocycles. The molecule has 1 aromatic carbocycles. The van der Waals surface area contributed by atoms with Crippen LogP contribution in [0.4, 0.5) is 4.39 Å². The zero-order valence-corrected chi connectivity index (χ0v) is 7.89. The van der Waals surface area contributed by atoms with Gasteiger partial charge in [-0.1, -0.05) is 12.1 Å². The van der Waals surface area contributed by atoms with Gasteiger partial charge in [0.25, 0.3) is 6.47 Å². The normalized spacial score (nSPS) is 9.80. The van der Waals surface area contributed by atoms with E-state index in [2.05, 4.69) is 4.74 Å². The molecule has 0 aliphatic heterocycles. The van der Waals surface area contributed by atoms with Crippen LogP contribution in [0.3, 0.4) is 0 Å². The van der Waals surface area contributed by atoms with Crippen LogP contribution in [-0.4, -0.2) is 30.2 Å². The van der Waals surface area contributed by atoms with Gasteiger partial charge < -0.3 is 14.8 Å². The summed E-state index contributed by atoms with van der Waals surface area (Å²) in [6.07, 6.45) is 0.200. The monoisotopic (exact) mass is 212 g/mol. The molecule has 0 fully saturated rings. The highest BCUT2D eigenvalue weighted by Crippen LogP contribution is 2.06. The molecular formula is C9H10BFO4. The third-order valence-electron chi connectivity index (χ3n) is 1.93. The number of hydrogen-bond donors (Lipinski definition) is 2. The van der Waals surface area contributed by atoms with Crippen molar-refractivity contribution in [1.82, 2.24) is 0 Å². The molecule has 0 unspecified atom stereocenters. The summed E-state index contributed by atoms with van der Waals surface area (Å²) in [5, 5.41) is 17.7. The van der Waals surface area contributed by atoms with Gasteiger partial charge in [-0.15, -0.1) is 0 Å². The van der Waals surface area contributed by atoms with Gasteiger partial charge in [-0.05, 0) is 17.1 Å². The van der Waals surface area contributed by atoms with Crippen LogP contribution in [0.1, 0.15) is 5.56 Å². The fourth-order valence-electron chi connectivity index (χ4n) is 1.16. The third kappa shape index (κ3) is 3.34. The predicted molar refractivity (Wildman–Crippen MR) is 51.9 cm³/mol. The minimum atomic E-state index is -1.63. The number of ether oxygens (including phenoxy) is 1. The molecule has 0 amide bonds. The zero-order valence-electron chi connectivity index (χ0n) is 7.89. The minimum Gasteiger partial charge on any atom is -0.468 e. The second-order valence-corrected chi connectivity index (χ2v) is 2.94. The van der Waals surface area contributed by atoms with Crippen molar-refractivity contribution >= 4 is 19.1 Å². The fraction of sp³-hybridized carbons (Fsp3) is 0.222. The van der Waals surface area contributed by atoms with Gasteiger partial charge >= 0.3 is 7.12 Å². The maximum Gasteiger partial charge on any atom is 0.488 e. The van der Waals surface area contributed by atoms with E-state index < -0.39 is 12.9 Å². The van der Waals surface area contributed by atoms with E-state index in [4.69, 9.17) is 10.0 Å². The van der Waals surface area contributed by atoms with E-state index >= 15 is 0 Å². The molecule has 0 radical (unpaired) electrons. The lowest BCUT2D eigenvalue weighted by atomic mass is 9.79. The molecule has 15 heavy (non-hydrogen) atoms. The molecule has 1 rings (SSSR count). The Morgan fingerprint density at radius 2 is 2.20 bits per heavy atom. The van der Waals surface area contributed by atoms with Gasteiger partial charge in [-0.2, -0.15) is 0 Å². The van der Waals surface area contributed by atoms with Gasteiger partial charge in [-0.25, -0.2) is 4.39 Å². The van der Waals surface area contributed by atoms with Gasteiger partial charge in [0, 0.05) is 6.42 Å². The van der Waals surface area contributed by atoms with Gasteiger partial charge in [0.05, 0.1) is 6.61 Å². The lowest BCUT2D eigenvalue weighted by Crippen LogP contribution is -2.30. The Morgan fingerprint density at radius 1 is 1.47 bits per heavy atom. The Kier molecular flexibility index (Phi) is 4.26. The van der Waals surface area contributed by atoms with Crippen LogP contribution in [-0.2, 0) is 16.0 Å². The summed E-state index contributed by atoms with van der Waals surface area (Å²) in [6, 6.07) is 3.75. The molecule has 2 N–H and O–H groups in total. The third-order valence-corrected chi connectivity index (χ3v) is 1.93. The minimum absolute atomic E-state index is 0.0609. The fourth-order valence-corrected chi connectivity index (χ4v) is 1.16. The Labute approximate surface area is 86.4 Å². The number of carbonyl (C=O) groups is 1. The number of carbonyl (C=O) groups excluding carboxylic acids is 1. The van der Waals surface area contributed by atoms with Crippen molar-refractivity contribution in [2.24, 2.45) is 0 Å². The summed E-state index contributed by atoms with van der Waals surface area (Å²) < 4.78 is 17.6. The van der Waals surface area contributed by atoms with Crippen LogP contribution < -0.4 is 5.46 Å². The van der Waals surface area contributed by atoms with Crippen molar-refractivity contribution in [3.8, 4) is 0 Å². The molecule has 0 aliphatic carbocycles. The van der Waals surface area contributed by atoms with Crippen LogP contribution >= 0.6 is 0 Å². The van der Waals surface area contributed by atoms with Crippen molar-refractivity contribution in [2.45, 2.75) is 6.42 Å². The number of halogens is 1. The summed E-state index contributed by atoms with van der Waals surface area (Å²) in [7, 11) is -1.63. The standard InChI is InChI=1S/C9H10BFO4/c11-9-2-1-8(10(13)14)5-7(9)3-4-15-6-12/h1-2,5-6,13-14H,3-4H2. The first kappa shape index (κ1) is 11.7. The number of rotatable bonds is 5. The van der Waals surface area contributed by atoms with Gasteiger partial charge in [0.1, 0.15) is 5.82 Å². The second kappa shape index (κ2) is 5.48. The molecule has 6 heteroatoms. The van der Waals surface area contributed by atoms with Gasteiger partial charge in [0.15, 0.2) is 0 Å². The van der Waals surface area contributed by atoms with Crippen LogP contribution in [0.2, 0.25) is 0 Å². The highest BCUT2D eigenvalue weighted by atomic mass is 19.1. The Morgan fingerprint density at radius 3 is 2.80 bits per heavy atom. The highest BCUT2D eigenvalue weighted by Gasteiger charge is 2.13. The summed E-state index contributed by atoms with van der Waals surface area (Å²) in [5.74, 6) is -0.464. The first-order valence-corrected chi connectivity index (χ1v) is 4.35. The Bertz CT molecular complexity index is 343. The molecule has 0 spiro atoms. The van der Waals surface area contributed by atoms with Crippen LogP contribution in [0.5, 0.6) is 0 Å². The first-order chi connectivity index (χ1) is 7.15. The van der Waals surface area contributed by atoms with E-state index in [-0.39, 0.29) is 30.5 Å². The smallest absolute Gasteiger partial charge is 0.468 e. The average molecular weight is 212 g/mol. The summed E-state index contributed by atoms with van der Waals surface area (Å²) in [6.45, 7) is 0.341. The molecule has 0 saturated heterocycles. The quantitative estimate of drug-likeness (QED) is 0.381. The molecule has 0 aromatic heterocycles. The molecule has 4 nitrogen and oxygen atoms in total. The van der Waals surface area contributed by atoms with Crippen molar-refractivity contribution in [3.63, 3.8) is 0 Å². The maximum absolute atomic E-state index is 13.2. The van der Waals surface area contributed by atoms with E-state index in [0.29, 0.717) is 0 Å². The van der Waals surface area contributed by atoms with E-state index in [9.17, 15) is 9.18 Å². The lowest BCUT2D eigenvalue weighted by molar-refractivity contribution is -0.128. The molecule has 1 aromatic rings. The SMILES string of the molecule is O=COCCc1cc(B(O)O)ccc1F. The average Bonchev–Trinajstić information content (AvgIpc) is 2.20. The number of benzene rings is 1. The van der Waals surface area contributed by atoms with E-state index in [0.717, 1.165) is 6.07 Å². The molecule has 0 bridgehead atoms. The topological polar surface area (TPSA) is 66.8 Å². The summed E-state index contributed by atoms with van der Waals surface area (Å²) in [4.78, 5) is 9.86. The van der Waals surface area contributed by atoms with Gasteiger partial charge in [-0.3, -0.25) is 4.79 Å². The van der Waals surface area contributed by atoms with Crippen molar-refractivity contribution in [1.29, 1.82) is 0 Å². The lowest BCUT2D eigenvalue weighted by Gasteiger charge is -2.05. The van der Waals surface area contributed by atoms with Crippen molar-refractivity contribution < 1.29 is 24.0 Å². The molecule has 80 valence electrons. The Balaban J connectivity index is 2.76. The van der Waals surface area contributed by atoms with Crippen LogP contribution in [0.15, 0.2) is 18.2 Å². The van der Waals surface area contributed by atoms with E-state index in [1.54, 1.807) is 0 Å². The van der Waals surface area contributed by atoms with Gasteiger partial charge in [0.2, 0.25) is 0 Å². The molecule has 0 atom stereocenters. The largest absolute Gasteiger partial charge is 0.488 e. The summed E-state index contributed by atoms with van der Waals surface area (Å²) >= 11 is 0. The van der Waals surface area contributed by atoms with Crippen molar-refractivity contribution in [2.75, 3.05) is 6.61 Å². The first-order valence-electron chi connectivity index (χ1n) is 4.35. The summed E-state index contributed by atoms with van der Waals surface area (Å²) in [5.41, 5.74) is 0.486. The number of hydrogen-bond acceptors (Lipinski definition) is 4. The Hall–Kier alpha value is -1.40. The predicted octanol–water partition coefficient (Wildman–Crippen LogP) is -0.779. The second-order valence-electron chi connectivity index (χ2n) is 2.94. The van der Waals surface area contributed by atoms with E-state index in [1.165, 1.54) is 12.1 Å². The van der Waals surface area contributed by atoms with Crippen molar-refractivity contribution in [3.05, 3.63) is 29.6 Å². The van der Waals surface area contributed by atoms with Crippen LogP contribution in [0.25, 0.3) is 0 Å². The van der Waals surface area contributed by atoms with Crippen LogP contribution in [0, 0.1) is 5.82 Å². The molecule has 0 saturated carbocycles. The zero-order chi connectivity index (χ0) is 11.3. The highest BCUT2D eigenvalue weighted by molar-refractivity contribution is 6.58. The molecule has 0 aliphatic rings. The maximum atomic E-state index is 13.2.